The number of ketones is 1. The number of rotatable bonds is 4. The van der Waals surface area contributed by atoms with E-state index in [0.29, 0.717) is 18.8 Å². The van der Waals surface area contributed by atoms with Crippen LogP contribution in [-0.2, 0) is 14.8 Å². The molecule has 2 N–H and O–H groups in total. The third kappa shape index (κ3) is 3.30. The summed E-state index contributed by atoms with van der Waals surface area (Å²) in [5, 5.41) is 3.58. The highest BCUT2D eigenvalue weighted by atomic mass is 32.2. The molecule has 0 aromatic rings. The average Bonchev–Trinajstić information content (AvgIpc) is 2.67. The molecule has 6 heteroatoms. The molecule has 3 rings (SSSR count). The molecule has 1 saturated heterocycles. The van der Waals surface area contributed by atoms with Crippen LogP contribution in [0.3, 0.4) is 0 Å². The van der Waals surface area contributed by atoms with E-state index in [-0.39, 0.29) is 34.1 Å². The fourth-order valence-corrected chi connectivity index (χ4v) is 8.22. The molecule has 1 heterocycles. The van der Waals surface area contributed by atoms with Gasteiger partial charge in [-0.15, -0.1) is 0 Å². The molecule has 0 radical (unpaired) electrons. The van der Waals surface area contributed by atoms with E-state index in [1.54, 1.807) is 0 Å². The lowest BCUT2D eigenvalue weighted by Gasteiger charge is -2.46. The third-order valence-corrected chi connectivity index (χ3v) is 8.68. The smallest absolute Gasteiger partial charge is 0.212 e. The molecule has 0 unspecified atom stereocenters. The zero-order valence-electron chi connectivity index (χ0n) is 16.5. The molecular formula is C19H34N2O3S. The van der Waals surface area contributed by atoms with E-state index in [1.165, 1.54) is 0 Å². The van der Waals surface area contributed by atoms with Crippen molar-refractivity contribution in [2.45, 2.75) is 90.8 Å². The van der Waals surface area contributed by atoms with Crippen molar-refractivity contribution >= 4 is 15.8 Å². The van der Waals surface area contributed by atoms with Crippen LogP contribution in [0.1, 0.15) is 73.6 Å². The summed E-state index contributed by atoms with van der Waals surface area (Å²) >= 11 is 0. The maximum absolute atomic E-state index is 13.0. The number of hydrogen-bond donors (Lipinski definition) is 2. The van der Waals surface area contributed by atoms with Gasteiger partial charge in [0.2, 0.25) is 10.0 Å². The minimum Gasteiger partial charge on any atom is -0.307 e. The van der Waals surface area contributed by atoms with Gasteiger partial charge in [0.15, 0.2) is 0 Å². The van der Waals surface area contributed by atoms with Crippen LogP contribution in [0.5, 0.6) is 0 Å². The quantitative estimate of drug-likeness (QED) is 0.798. The van der Waals surface area contributed by atoms with E-state index in [1.807, 2.05) is 0 Å². The number of nitrogens with one attached hydrogen (secondary N) is 2. The first-order valence-corrected chi connectivity index (χ1v) is 11.2. The lowest BCUT2D eigenvalue weighted by Crippen LogP contribution is -2.62. The highest BCUT2D eigenvalue weighted by Gasteiger charge is 2.65. The number of carbonyl (C=O) groups is 1. The number of fused-ring (bicyclic) bond motifs is 2. The average molecular weight is 371 g/mol. The van der Waals surface area contributed by atoms with Gasteiger partial charge < -0.3 is 5.32 Å². The Morgan fingerprint density at radius 3 is 2.08 bits per heavy atom. The summed E-state index contributed by atoms with van der Waals surface area (Å²) < 4.78 is 29.0. The molecule has 25 heavy (non-hydrogen) atoms. The zero-order chi connectivity index (χ0) is 18.9. The van der Waals surface area contributed by atoms with Gasteiger partial charge in [0, 0.05) is 29.0 Å². The highest BCUT2D eigenvalue weighted by molar-refractivity contribution is 7.89. The summed E-state index contributed by atoms with van der Waals surface area (Å²) in [4.78, 5) is 12.6. The van der Waals surface area contributed by atoms with Gasteiger partial charge >= 0.3 is 0 Å². The minimum atomic E-state index is -3.51. The number of sulfonamides is 1. The molecule has 2 aliphatic carbocycles. The zero-order valence-corrected chi connectivity index (χ0v) is 17.3. The maximum atomic E-state index is 13.0. The molecule has 1 aliphatic heterocycles. The van der Waals surface area contributed by atoms with Crippen LogP contribution in [0, 0.1) is 16.7 Å². The Kier molecular flexibility index (Phi) is 4.26. The Bertz CT molecular complexity index is 665. The van der Waals surface area contributed by atoms with E-state index in [2.05, 4.69) is 51.6 Å². The summed E-state index contributed by atoms with van der Waals surface area (Å²) in [6.45, 7) is 12.6. The predicted molar refractivity (Wildman–Crippen MR) is 99.8 cm³/mol. The monoisotopic (exact) mass is 370 g/mol. The number of Topliss-reactive ketones (excluding diaryl/α,β-unsaturated/α-hetero) is 1. The Morgan fingerprint density at radius 1 is 1.08 bits per heavy atom. The molecular weight excluding hydrogens is 336 g/mol. The molecule has 144 valence electrons. The molecule has 2 bridgehead atoms. The van der Waals surface area contributed by atoms with Crippen molar-refractivity contribution in [3.63, 3.8) is 0 Å². The van der Waals surface area contributed by atoms with Crippen molar-refractivity contribution in [2.24, 2.45) is 16.7 Å². The van der Waals surface area contributed by atoms with Crippen molar-refractivity contribution in [1.29, 1.82) is 0 Å². The summed E-state index contributed by atoms with van der Waals surface area (Å²) in [6, 6.07) is -0.0931. The van der Waals surface area contributed by atoms with Gasteiger partial charge in [-0.25, -0.2) is 13.1 Å². The molecule has 3 fully saturated rings. The van der Waals surface area contributed by atoms with Crippen LogP contribution in [-0.4, -0.2) is 37.1 Å². The van der Waals surface area contributed by atoms with Crippen LogP contribution in [0.2, 0.25) is 0 Å². The summed E-state index contributed by atoms with van der Waals surface area (Å²) in [5.74, 6) is 0.449. The van der Waals surface area contributed by atoms with Crippen molar-refractivity contribution in [2.75, 3.05) is 5.75 Å². The standard InChI is InChI=1S/C19H34N2O3S/c1-16(2)10-14(11-17(3,4)21-16)20-25(23,24)12-19-8-7-13(9-15(19)22)18(19,5)6/h13-14,20-21H,7-12H2,1-6H3/t13-,19+/m0/s1. The summed E-state index contributed by atoms with van der Waals surface area (Å²) in [6.07, 6.45) is 3.75. The first-order valence-electron chi connectivity index (χ1n) is 9.51. The summed E-state index contributed by atoms with van der Waals surface area (Å²) in [5.41, 5.74) is -1.14. The van der Waals surface area contributed by atoms with Crippen LogP contribution in [0.4, 0.5) is 0 Å². The van der Waals surface area contributed by atoms with Gasteiger partial charge in [-0.2, -0.15) is 0 Å². The van der Waals surface area contributed by atoms with Crippen molar-refractivity contribution in [3.8, 4) is 0 Å². The van der Waals surface area contributed by atoms with Crippen LogP contribution in [0.15, 0.2) is 0 Å². The number of carbonyl (C=O) groups excluding carboxylic acids is 1. The lowest BCUT2D eigenvalue weighted by atomic mass is 9.70. The van der Waals surface area contributed by atoms with E-state index in [4.69, 9.17) is 0 Å². The molecule has 0 aromatic carbocycles. The Labute approximate surface area is 152 Å². The Morgan fingerprint density at radius 2 is 1.64 bits per heavy atom. The van der Waals surface area contributed by atoms with Gasteiger partial charge in [0.1, 0.15) is 5.78 Å². The molecule has 0 spiro atoms. The number of hydrogen-bond acceptors (Lipinski definition) is 4. The second-order valence-corrected chi connectivity index (χ2v) is 12.3. The second kappa shape index (κ2) is 5.52. The first kappa shape index (κ1) is 19.3. The van der Waals surface area contributed by atoms with Crippen molar-refractivity contribution < 1.29 is 13.2 Å². The molecule has 5 nitrogen and oxygen atoms in total. The molecule has 0 aromatic heterocycles. The van der Waals surface area contributed by atoms with Crippen LogP contribution >= 0.6 is 0 Å². The second-order valence-electron chi connectivity index (χ2n) is 10.5. The molecule has 2 saturated carbocycles. The van der Waals surface area contributed by atoms with Gasteiger partial charge in [-0.1, -0.05) is 13.8 Å². The third-order valence-electron chi connectivity index (χ3n) is 7.11. The normalized spacial score (nSPS) is 36.7. The largest absolute Gasteiger partial charge is 0.307 e. The first-order chi connectivity index (χ1) is 11.2. The topological polar surface area (TPSA) is 75.3 Å². The van der Waals surface area contributed by atoms with E-state index in [0.717, 1.165) is 19.3 Å². The molecule has 2 atom stereocenters. The minimum absolute atomic E-state index is 0.0485. The predicted octanol–water partition coefficient (Wildman–Crippen LogP) is 2.61. The summed E-state index contributed by atoms with van der Waals surface area (Å²) in [7, 11) is -3.51. The van der Waals surface area contributed by atoms with Crippen LogP contribution < -0.4 is 10.0 Å². The SMILES string of the molecule is CC1(C)CC(NS(=O)(=O)C[C@]23CC[C@@H](CC2=O)C3(C)C)CC(C)(C)N1. The Balaban J connectivity index is 1.78. The maximum Gasteiger partial charge on any atom is 0.212 e. The fourth-order valence-electron chi connectivity index (χ4n) is 6.13. The van der Waals surface area contributed by atoms with E-state index in [9.17, 15) is 13.2 Å². The molecule has 0 amide bonds. The lowest BCUT2D eigenvalue weighted by molar-refractivity contribution is -0.128. The molecule has 3 aliphatic rings. The van der Waals surface area contributed by atoms with Gasteiger partial charge in [-0.3, -0.25) is 4.79 Å². The highest BCUT2D eigenvalue weighted by Crippen LogP contribution is 2.64. The van der Waals surface area contributed by atoms with Crippen LogP contribution in [0.25, 0.3) is 0 Å². The van der Waals surface area contributed by atoms with Gasteiger partial charge in [0.25, 0.3) is 0 Å². The van der Waals surface area contributed by atoms with Gasteiger partial charge in [-0.05, 0) is 64.7 Å². The van der Waals surface area contributed by atoms with Gasteiger partial charge in [0.05, 0.1) is 5.75 Å². The Hall–Kier alpha value is -0.460. The number of piperidine rings is 1. The van der Waals surface area contributed by atoms with E-state index < -0.39 is 15.4 Å². The van der Waals surface area contributed by atoms with E-state index >= 15 is 0 Å². The van der Waals surface area contributed by atoms with Crippen molar-refractivity contribution in [3.05, 3.63) is 0 Å². The van der Waals surface area contributed by atoms with Crippen molar-refractivity contribution in [1.82, 2.24) is 10.0 Å². The fraction of sp³-hybridized carbons (Fsp3) is 0.947.